The van der Waals surface area contributed by atoms with E-state index < -0.39 is 0 Å². The molecule has 0 saturated carbocycles. The minimum absolute atomic E-state index is 0.0815. The predicted octanol–water partition coefficient (Wildman–Crippen LogP) is 1.57. The van der Waals surface area contributed by atoms with E-state index in [0.29, 0.717) is 24.6 Å². The number of aromatic nitrogens is 1. The van der Waals surface area contributed by atoms with Gasteiger partial charge in [0.05, 0.1) is 19.8 Å². The zero-order valence-corrected chi connectivity index (χ0v) is 15.7. The van der Waals surface area contributed by atoms with Gasteiger partial charge in [-0.15, -0.1) is 11.3 Å². The summed E-state index contributed by atoms with van der Waals surface area (Å²) in [6.07, 6.45) is 1.31. The van der Waals surface area contributed by atoms with E-state index >= 15 is 0 Å². The number of hydrogen-bond acceptors (Lipinski definition) is 6. The van der Waals surface area contributed by atoms with Gasteiger partial charge in [0.2, 0.25) is 5.91 Å². The van der Waals surface area contributed by atoms with Gasteiger partial charge in [0.15, 0.2) is 0 Å². The summed E-state index contributed by atoms with van der Waals surface area (Å²) in [6, 6.07) is 3.75. The van der Waals surface area contributed by atoms with Crippen molar-refractivity contribution in [1.82, 2.24) is 15.2 Å². The number of rotatable bonds is 5. The van der Waals surface area contributed by atoms with Crippen molar-refractivity contribution < 1.29 is 19.4 Å². The van der Waals surface area contributed by atoms with Gasteiger partial charge in [-0.05, 0) is 6.07 Å². The zero-order valence-electron chi connectivity index (χ0n) is 14.9. The van der Waals surface area contributed by atoms with Crippen LogP contribution in [0.2, 0.25) is 0 Å². The molecular weight excluding hydrogens is 354 g/mol. The summed E-state index contributed by atoms with van der Waals surface area (Å²) >= 11 is 1.30. The normalized spacial score (nSPS) is 17.7. The van der Waals surface area contributed by atoms with Gasteiger partial charge in [0.25, 0.3) is 5.91 Å². The second-order valence-corrected chi connectivity index (χ2v) is 7.48. The van der Waals surface area contributed by atoms with Gasteiger partial charge >= 0.3 is 0 Å². The third kappa shape index (κ3) is 3.72. The number of morpholine rings is 1. The smallest absolute Gasteiger partial charge is 0.261 e. The molecule has 0 aromatic carbocycles. The average Bonchev–Trinajstić information content (AvgIpc) is 3.05. The lowest BCUT2D eigenvalue weighted by Gasteiger charge is -2.34. The largest absolute Gasteiger partial charge is 0.395 e. The van der Waals surface area contributed by atoms with Crippen molar-refractivity contribution in [2.24, 2.45) is 5.92 Å². The Morgan fingerprint density at radius 1 is 1.50 bits per heavy atom. The number of aliphatic hydroxyl groups excluding tert-OH is 1. The summed E-state index contributed by atoms with van der Waals surface area (Å²) in [6.45, 7) is 5.22. The van der Waals surface area contributed by atoms with Crippen LogP contribution in [-0.2, 0) is 9.53 Å². The Balaban J connectivity index is 1.97. The maximum absolute atomic E-state index is 12.6. The highest BCUT2D eigenvalue weighted by Crippen LogP contribution is 2.37. The molecule has 1 aliphatic rings. The van der Waals surface area contributed by atoms with Gasteiger partial charge in [-0.1, -0.05) is 19.9 Å². The molecule has 26 heavy (non-hydrogen) atoms. The number of carbonyl (C=O) groups is 2. The van der Waals surface area contributed by atoms with Crippen LogP contribution in [0.15, 0.2) is 18.3 Å². The molecule has 7 nitrogen and oxygen atoms in total. The third-order valence-corrected chi connectivity index (χ3v) is 5.43. The quantitative estimate of drug-likeness (QED) is 0.825. The number of ether oxygens (including phenoxy) is 1. The van der Waals surface area contributed by atoms with Gasteiger partial charge in [0, 0.05) is 36.2 Å². The Morgan fingerprint density at radius 3 is 3.04 bits per heavy atom. The Kier molecular flexibility index (Phi) is 5.85. The van der Waals surface area contributed by atoms with Gasteiger partial charge in [-0.3, -0.25) is 9.59 Å². The average molecular weight is 377 g/mol. The molecule has 0 aliphatic carbocycles. The lowest BCUT2D eigenvalue weighted by atomic mass is 10.0. The summed E-state index contributed by atoms with van der Waals surface area (Å²) in [7, 11) is 0. The van der Waals surface area contributed by atoms with Crippen LogP contribution in [0.1, 0.15) is 35.2 Å². The van der Waals surface area contributed by atoms with Gasteiger partial charge in [-0.25, -0.2) is 4.98 Å². The second-order valence-electron chi connectivity index (χ2n) is 6.48. The molecule has 1 atom stereocenters. The Labute approximate surface area is 156 Å². The summed E-state index contributed by atoms with van der Waals surface area (Å²) in [5, 5.41) is 12.5. The first-order valence-electron chi connectivity index (χ1n) is 8.69. The number of thiophene rings is 1. The highest BCUT2D eigenvalue weighted by molar-refractivity contribution is 7.20. The van der Waals surface area contributed by atoms with Crippen molar-refractivity contribution in [3.63, 3.8) is 0 Å². The van der Waals surface area contributed by atoms with Crippen LogP contribution in [-0.4, -0.2) is 59.7 Å². The first kappa shape index (κ1) is 18.8. The van der Waals surface area contributed by atoms with E-state index in [1.807, 2.05) is 26.0 Å². The minimum atomic E-state index is -0.376. The van der Waals surface area contributed by atoms with Crippen molar-refractivity contribution in [3.05, 3.63) is 28.8 Å². The van der Waals surface area contributed by atoms with Crippen LogP contribution in [0.3, 0.4) is 0 Å². The summed E-state index contributed by atoms with van der Waals surface area (Å²) in [4.78, 5) is 32.4. The number of aliphatic hydroxyl groups is 1. The Hall–Kier alpha value is -2.03. The Morgan fingerprint density at radius 2 is 2.31 bits per heavy atom. The van der Waals surface area contributed by atoms with Crippen molar-refractivity contribution in [2.45, 2.75) is 20.0 Å². The zero-order chi connectivity index (χ0) is 18.7. The number of pyridine rings is 1. The molecule has 140 valence electrons. The number of nitrogens with one attached hydrogen (secondary N) is 1. The molecule has 2 aromatic heterocycles. The molecule has 1 saturated heterocycles. The fraction of sp³-hybridized carbons (Fsp3) is 0.500. The second kappa shape index (κ2) is 8.11. The standard InChI is InChI=1S/C18H23N3O4S/c1-11(2)18(24)21-7-9-25-13(10-21)14-12-4-3-5-20-17(12)26-15(14)16(23)19-6-8-22/h3-5,11,13,22H,6-10H2,1-2H3,(H,19,23). The van der Waals surface area contributed by atoms with Crippen molar-refractivity contribution in [1.29, 1.82) is 0 Å². The summed E-state index contributed by atoms with van der Waals surface area (Å²) in [5.41, 5.74) is 0.773. The predicted molar refractivity (Wildman–Crippen MR) is 99.2 cm³/mol. The van der Waals surface area contributed by atoms with E-state index in [0.717, 1.165) is 15.8 Å². The number of hydrogen-bond donors (Lipinski definition) is 2. The number of amides is 2. The first-order valence-corrected chi connectivity index (χ1v) is 9.51. The molecule has 2 aromatic rings. The molecular formula is C18H23N3O4S. The highest BCUT2D eigenvalue weighted by atomic mass is 32.1. The summed E-state index contributed by atoms with van der Waals surface area (Å²) < 4.78 is 5.94. The fourth-order valence-electron chi connectivity index (χ4n) is 3.08. The maximum Gasteiger partial charge on any atom is 0.261 e. The van der Waals surface area contributed by atoms with Gasteiger partial charge < -0.3 is 20.1 Å². The lowest BCUT2D eigenvalue weighted by Crippen LogP contribution is -2.44. The van der Waals surface area contributed by atoms with Gasteiger partial charge in [-0.2, -0.15) is 0 Å². The van der Waals surface area contributed by atoms with E-state index in [1.54, 1.807) is 11.1 Å². The molecule has 0 spiro atoms. The summed E-state index contributed by atoms with van der Waals surface area (Å²) in [5.74, 6) is -0.253. The van der Waals surface area contributed by atoms with Crippen LogP contribution < -0.4 is 5.32 Å². The molecule has 0 bridgehead atoms. The van der Waals surface area contributed by atoms with Crippen LogP contribution >= 0.6 is 11.3 Å². The fourth-order valence-corrected chi connectivity index (χ4v) is 4.19. The molecule has 1 unspecified atom stereocenters. The van der Waals surface area contributed by atoms with E-state index in [1.165, 1.54) is 11.3 Å². The molecule has 1 fully saturated rings. The molecule has 2 N–H and O–H groups in total. The first-order chi connectivity index (χ1) is 12.5. The highest BCUT2D eigenvalue weighted by Gasteiger charge is 2.32. The van der Waals surface area contributed by atoms with Gasteiger partial charge in [0.1, 0.15) is 15.8 Å². The van der Waals surface area contributed by atoms with Crippen molar-refractivity contribution >= 4 is 33.4 Å². The van der Waals surface area contributed by atoms with Crippen LogP contribution in [0.5, 0.6) is 0 Å². The van der Waals surface area contributed by atoms with Crippen molar-refractivity contribution in [3.8, 4) is 0 Å². The Bertz CT molecular complexity index is 805. The number of nitrogens with zero attached hydrogens (tertiary/aromatic N) is 2. The molecule has 8 heteroatoms. The molecule has 3 heterocycles. The van der Waals surface area contributed by atoms with Crippen LogP contribution in [0.25, 0.3) is 10.2 Å². The molecule has 3 rings (SSSR count). The monoisotopic (exact) mass is 377 g/mol. The minimum Gasteiger partial charge on any atom is -0.395 e. The van der Waals surface area contributed by atoms with E-state index in [-0.39, 0.29) is 37.0 Å². The number of carbonyl (C=O) groups excluding carboxylic acids is 2. The van der Waals surface area contributed by atoms with Crippen LogP contribution in [0, 0.1) is 5.92 Å². The number of fused-ring (bicyclic) bond motifs is 1. The van der Waals surface area contributed by atoms with Crippen molar-refractivity contribution in [2.75, 3.05) is 32.8 Å². The van der Waals surface area contributed by atoms with E-state index in [2.05, 4.69) is 10.3 Å². The lowest BCUT2D eigenvalue weighted by molar-refractivity contribution is -0.142. The SMILES string of the molecule is CC(C)C(=O)N1CCOC(c2c(C(=O)NCCO)sc3ncccc23)C1. The molecule has 1 aliphatic heterocycles. The maximum atomic E-state index is 12.6. The van der Waals surface area contributed by atoms with Crippen LogP contribution in [0.4, 0.5) is 0 Å². The molecule has 0 radical (unpaired) electrons. The molecule has 2 amide bonds. The van der Waals surface area contributed by atoms with E-state index in [9.17, 15) is 9.59 Å². The van der Waals surface area contributed by atoms with E-state index in [4.69, 9.17) is 9.84 Å². The topological polar surface area (TPSA) is 91.8 Å². The third-order valence-electron chi connectivity index (χ3n) is 4.30.